The van der Waals surface area contributed by atoms with Crippen molar-refractivity contribution in [2.24, 2.45) is 0 Å². The number of aromatic nitrogens is 2. The second-order valence-corrected chi connectivity index (χ2v) is 11.6. The highest BCUT2D eigenvalue weighted by Gasteiger charge is 2.28. The largest absolute Gasteiger partial charge is 0.439 e. The first-order chi connectivity index (χ1) is 14.6. The van der Waals surface area contributed by atoms with Crippen molar-refractivity contribution >= 4 is 38.9 Å². The van der Waals surface area contributed by atoms with E-state index in [0.29, 0.717) is 5.89 Å². The highest BCUT2D eigenvalue weighted by molar-refractivity contribution is 8.08. The Morgan fingerprint density at radius 2 is 1.39 bits per heavy atom. The van der Waals surface area contributed by atoms with Gasteiger partial charge in [0, 0.05) is 0 Å². The molecule has 0 fully saturated rings. The summed E-state index contributed by atoms with van der Waals surface area (Å²) in [7, 11) is 0. The molecule has 2 aromatic heterocycles. The van der Waals surface area contributed by atoms with Gasteiger partial charge in [-0.3, -0.25) is 0 Å². The molecule has 0 radical (unpaired) electrons. The quantitative estimate of drug-likeness (QED) is 0.324. The summed E-state index contributed by atoms with van der Waals surface area (Å²) in [6.07, 6.45) is 3.03. The number of allylic oxidation sites excluding steroid dienone is 1. The summed E-state index contributed by atoms with van der Waals surface area (Å²) < 4.78 is 12.2. The lowest BCUT2D eigenvalue weighted by atomic mass is 9.87. The second kappa shape index (κ2) is 6.99. The maximum Gasteiger partial charge on any atom is 0.233 e. The Bertz CT molecular complexity index is 1310. The van der Waals surface area contributed by atoms with E-state index >= 15 is 0 Å². The predicted octanol–water partition coefficient (Wildman–Crippen LogP) is 7.78. The first-order valence-corrected chi connectivity index (χ1v) is 11.7. The zero-order valence-corrected chi connectivity index (χ0v) is 19.8. The summed E-state index contributed by atoms with van der Waals surface area (Å²) in [5.74, 6) is 1.45. The van der Waals surface area contributed by atoms with E-state index in [4.69, 9.17) is 18.8 Å². The van der Waals surface area contributed by atoms with E-state index in [1.807, 2.05) is 12.1 Å². The summed E-state index contributed by atoms with van der Waals surface area (Å²) in [5.41, 5.74) is 6.18. The first-order valence-electron chi connectivity index (χ1n) is 10.8. The number of thioether (sulfide) groups is 1. The summed E-state index contributed by atoms with van der Waals surface area (Å²) in [4.78, 5) is 10.6. The van der Waals surface area contributed by atoms with Crippen molar-refractivity contribution in [3.63, 3.8) is 0 Å². The molecule has 1 aliphatic rings. The van der Waals surface area contributed by atoms with Crippen molar-refractivity contribution in [1.29, 1.82) is 0 Å². The van der Waals surface area contributed by atoms with Crippen molar-refractivity contribution < 1.29 is 8.83 Å². The SMILES string of the molecule is CC(C)(C)c1ccc2oc(C3=CCC(c4nc5cc(C(C)(C)C)ccc5o4)S3)nc2c1. The van der Waals surface area contributed by atoms with E-state index < -0.39 is 0 Å². The van der Waals surface area contributed by atoms with Gasteiger partial charge in [0.05, 0.1) is 10.2 Å². The molecule has 4 aromatic rings. The highest BCUT2D eigenvalue weighted by atomic mass is 32.2. The molecule has 5 heteroatoms. The summed E-state index contributed by atoms with van der Waals surface area (Å²) in [6, 6.07) is 12.6. The molecular formula is C26H28N2O2S. The first kappa shape index (κ1) is 20.4. The standard InChI is InChI=1S/C26H28N2O2S/c1-25(2,3)15-7-9-19-17(13-15)27-23(29-19)21-11-12-22(31-21)24-28-18-14-16(26(4,5)6)8-10-20(18)30-24/h7-11,13-14,22H,12H2,1-6H3. The van der Waals surface area contributed by atoms with Crippen molar-refractivity contribution in [2.45, 2.75) is 64.0 Å². The predicted molar refractivity (Wildman–Crippen MR) is 128 cm³/mol. The molecule has 0 aliphatic carbocycles. The lowest BCUT2D eigenvalue weighted by Gasteiger charge is -2.18. The molecule has 1 unspecified atom stereocenters. The summed E-state index contributed by atoms with van der Waals surface area (Å²) in [5, 5.41) is 0.139. The molecule has 0 N–H and O–H groups in total. The normalized spacial score (nSPS) is 17.6. The highest BCUT2D eigenvalue weighted by Crippen LogP contribution is 2.48. The van der Waals surface area contributed by atoms with Crippen molar-refractivity contribution in [3.05, 3.63) is 65.4 Å². The summed E-state index contributed by atoms with van der Waals surface area (Å²) in [6.45, 7) is 13.3. The van der Waals surface area contributed by atoms with Gasteiger partial charge in [0.15, 0.2) is 11.2 Å². The fourth-order valence-corrected chi connectivity index (χ4v) is 4.88. The van der Waals surface area contributed by atoms with Gasteiger partial charge in [-0.05, 0) is 52.6 Å². The molecule has 1 aliphatic heterocycles. The van der Waals surface area contributed by atoms with Gasteiger partial charge in [-0.15, -0.1) is 11.8 Å². The second-order valence-electron chi connectivity index (χ2n) is 10.3. The lowest BCUT2D eigenvalue weighted by molar-refractivity contribution is 0.527. The Morgan fingerprint density at radius 1 is 0.806 bits per heavy atom. The minimum absolute atomic E-state index is 0.0829. The number of benzene rings is 2. The van der Waals surface area contributed by atoms with Crippen LogP contribution in [0.15, 0.2) is 51.3 Å². The Hall–Kier alpha value is -2.53. The topological polar surface area (TPSA) is 52.1 Å². The van der Waals surface area contributed by atoms with Crippen molar-refractivity contribution in [3.8, 4) is 0 Å². The Kier molecular flexibility index (Phi) is 4.60. The van der Waals surface area contributed by atoms with E-state index in [9.17, 15) is 0 Å². The van der Waals surface area contributed by atoms with E-state index in [0.717, 1.165) is 39.4 Å². The maximum atomic E-state index is 6.10. The van der Waals surface area contributed by atoms with Gasteiger partial charge < -0.3 is 8.83 Å². The molecular weight excluding hydrogens is 404 g/mol. The Labute approximate surface area is 187 Å². The van der Waals surface area contributed by atoms with Gasteiger partial charge in [-0.2, -0.15) is 0 Å². The molecule has 5 rings (SSSR count). The fourth-order valence-electron chi connectivity index (χ4n) is 3.80. The van der Waals surface area contributed by atoms with Gasteiger partial charge in [-0.25, -0.2) is 9.97 Å². The number of nitrogens with zero attached hydrogens (tertiary/aromatic N) is 2. The van der Waals surface area contributed by atoms with Crippen LogP contribution >= 0.6 is 11.8 Å². The maximum absolute atomic E-state index is 6.10. The molecule has 31 heavy (non-hydrogen) atoms. The van der Waals surface area contributed by atoms with E-state index in [1.165, 1.54) is 11.1 Å². The molecule has 4 nitrogen and oxygen atoms in total. The zero-order chi connectivity index (χ0) is 22.0. The molecule has 3 heterocycles. The zero-order valence-electron chi connectivity index (χ0n) is 18.9. The van der Waals surface area contributed by atoms with Crippen LogP contribution in [0.2, 0.25) is 0 Å². The van der Waals surface area contributed by atoms with Crippen LogP contribution in [0.4, 0.5) is 0 Å². The van der Waals surface area contributed by atoms with Crippen LogP contribution in [0, 0.1) is 0 Å². The average Bonchev–Trinajstić information content (AvgIpc) is 3.41. The minimum atomic E-state index is 0.0829. The van der Waals surface area contributed by atoms with Crippen molar-refractivity contribution in [2.75, 3.05) is 0 Å². The average molecular weight is 433 g/mol. The Morgan fingerprint density at radius 3 is 2.00 bits per heavy atom. The molecule has 0 saturated heterocycles. The van der Waals surface area contributed by atoms with Crippen LogP contribution in [0.5, 0.6) is 0 Å². The molecule has 0 saturated carbocycles. The molecule has 0 amide bonds. The van der Waals surface area contributed by atoms with E-state index in [1.54, 1.807) is 11.8 Å². The van der Waals surface area contributed by atoms with Gasteiger partial charge in [-0.1, -0.05) is 59.8 Å². The molecule has 1 atom stereocenters. The fraction of sp³-hybridized carbons (Fsp3) is 0.385. The van der Waals surface area contributed by atoms with Gasteiger partial charge in [0.25, 0.3) is 0 Å². The molecule has 2 aromatic carbocycles. The third-order valence-corrected chi connectivity index (χ3v) is 7.07. The van der Waals surface area contributed by atoms with Gasteiger partial charge in [0.1, 0.15) is 11.0 Å². The van der Waals surface area contributed by atoms with Gasteiger partial charge >= 0.3 is 0 Å². The van der Waals surface area contributed by atoms with Crippen molar-refractivity contribution in [1.82, 2.24) is 9.97 Å². The third kappa shape index (κ3) is 3.80. The number of hydrogen-bond acceptors (Lipinski definition) is 5. The van der Waals surface area contributed by atoms with Crippen LogP contribution in [-0.2, 0) is 10.8 Å². The number of oxazole rings is 2. The lowest BCUT2D eigenvalue weighted by Crippen LogP contribution is -2.10. The van der Waals surface area contributed by atoms with E-state index in [2.05, 4.69) is 71.9 Å². The molecule has 0 spiro atoms. The molecule has 0 bridgehead atoms. The monoisotopic (exact) mass is 432 g/mol. The van der Waals surface area contributed by atoms with Gasteiger partial charge in [0.2, 0.25) is 11.8 Å². The van der Waals surface area contributed by atoms with Crippen LogP contribution in [-0.4, -0.2) is 9.97 Å². The molecule has 160 valence electrons. The Balaban J connectivity index is 1.39. The number of rotatable bonds is 2. The van der Waals surface area contributed by atoms with Crippen LogP contribution in [0.1, 0.15) is 76.1 Å². The minimum Gasteiger partial charge on any atom is -0.439 e. The smallest absolute Gasteiger partial charge is 0.233 e. The van der Waals surface area contributed by atoms with E-state index in [-0.39, 0.29) is 16.1 Å². The van der Waals surface area contributed by atoms with Crippen LogP contribution < -0.4 is 0 Å². The third-order valence-electron chi connectivity index (χ3n) is 5.80. The van der Waals surface area contributed by atoms with Crippen LogP contribution in [0.3, 0.4) is 0 Å². The summed E-state index contributed by atoms with van der Waals surface area (Å²) >= 11 is 1.72. The number of fused-ring (bicyclic) bond motifs is 2. The number of hydrogen-bond donors (Lipinski definition) is 0. The van der Waals surface area contributed by atoms with Crippen LogP contribution in [0.25, 0.3) is 27.1 Å².